The summed E-state index contributed by atoms with van der Waals surface area (Å²) in [6, 6.07) is 15.8. The number of unbranched alkanes of at least 4 members (excludes halogenated alkanes) is 1. The lowest BCUT2D eigenvalue weighted by molar-refractivity contribution is -0.140. The van der Waals surface area contributed by atoms with Crippen molar-refractivity contribution in [2.45, 2.75) is 52.1 Å². The number of sulfonamides is 1. The Morgan fingerprint density at radius 1 is 1.03 bits per heavy atom. The molecule has 0 unspecified atom stereocenters. The van der Waals surface area contributed by atoms with Crippen molar-refractivity contribution >= 4 is 43.5 Å². The van der Waals surface area contributed by atoms with Gasteiger partial charge in [0.15, 0.2) is 0 Å². The largest absolute Gasteiger partial charge is 0.354 e. The van der Waals surface area contributed by atoms with Crippen LogP contribution in [0.2, 0.25) is 0 Å². The van der Waals surface area contributed by atoms with Gasteiger partial charge in [0, 0.05) is 30.5 Å². The first-order valence-corrected chi connectivity index (χ1v) is 14.1. The number of amides is 2. The number of anilines is 1. The number of hydrogen-bond donors (Lipinski definition) is 1. The van der Waals surface area contributed by atoms with E-state index in [-0.39, 0.29) is 24.8 Å². The molecule has 0 aromatic heterocycles. The quantitative estimate of drug-likeness (QED) is 0.375. The van der Waals surface area contributed by atoms with Crippen LogP contribution in [0, 0.1) is 0 Å². The molecule has 0 spiro atoms. The first kappa shape index (κ1) is 27.9. The number of halogens is 1. The molecule has 0 aliphatic heterocycles. The standard InChI is InChI=1S/C25H34BrN3O4S/c1-4-5-17-27-25(31)20(2)28(19-21-13-15-22(26)16-14-21)24(30)12-9-18-29(34(3,32)33)23-10-7-6-8-11-23/h6-8,10-11,13-16,20H,4-5,9,12,17-19H2,1-3H3,(H,27,31)/t20-/m0/s1. The molecule has 0 fully saturated rings. The normalized spacial score (nSPS) is 12.1. The predicted octanol–water partition coefficient (Wildman–Crippen LogP) is 4.33. The fourth-order valence-corrected chi connectivity index (χ4v) is 4.73. The highest BCUT2D eigenvalue weighted by molar-refractivity contribution is 9.10. The predicted molar refractivity (Wildman–Crippen MR) is 140 cm³/mol. The van der Waals surface area contributed by atoms with Crippen LogP contribution in [0.15, 0.2) is 59.1 Å². The molecule has 0 aliphatic carbocycles. The number of carbonyl (C=O) groups is 2. The van der Waals surface area contributed by atoms with E-state index in [2.05, 4.69) is 21.2 Å². The van der Waals surface area contributed by atoms with E-state index in [1.54, 1.807) is 36.1 Å². The van der Waals surface area contributed by atoms with Gasteiger partial charge in [0.25, 0.3) is 0 Å². The number of hydrogen-bond acceptors (Lipinski definition) is 4. The Kier molecular flexibility index (Phi) is 11.0. The van der Waals surface area contributed by atoms with Crippen LogP contribution in [-0.4, -0.2) is 50.5 Å². The second-order valence-corrected chi connectivity index (χ2v) is 11.1. The van der Waals surface area contributed by atoms with E-state index in [1.807, 2.05) is 37.3 Å². The topological polar surface area (TPSA) is 86.8 Å². The molecule has 2 aromatic carbocycles. The minimum Gasteiger partial charge on any atom is -0.354 e. The molecular weight excluding hydrogens is 518 g/mol. The fraction of sp³-hybridized carbons (Fsp3) is 0.440. The van der Waals surface area contributed by atoms with E-state index in [4.69, 9.17) is 0 Å². The zero-order valence-corrected chi connectivity index (χ0v) is 22.4. The number of nitrogens with one attached hydrogen (secondary N) is 1. The van der Waals surface area contributed by atoms with Crippen LogP contribution in [0.5, 0.6) is 0 Å². The van der Waals surface area contributed by atoms with E-state index < -0.39 is 16.1 Å². The van der Waals surface area contributed by atoms with Crippen LogP contribution in [0.4, 0.5) is 5.69 Å². The Morgan fingerprint density at radius 2 is 1.68 bits per heavy atom. The monoisotopic (exact) mass is 551 g/mol. The third-order valence-corrected chi connectivity index (χ3v) is 7.18. The van der Waals surface area contributed by atoms with Crippen LogP contribution in [0.1, 0.15) is 45.1 Å². The van der Waals surface area contributed by atoms with Gasteiger partial charge in [-0.05, 0) is 49.6 Å². The highest BCUT2D eigenvalue weighted by atomic mass is 79.9. The summed E-state index contributed by atoms with van der Waals surface area (Å²) < 4.78 is 26.9. The molecular formula is C25H34BrN3O4S. The van der Waals surface area contributed by atoms with Crippen LogP contribution < -0.4 is 9.62 Å². The molecule has 1 atom stereocenters. The molecule has 9 heteroatoms. The van der Waals surface area contributed by atoms with Gasteiger partial charge in [0.2, 0.25) is 21.8 Å². The Bertz CT molecular complexity index is 1030. The summed E-state index contributed by atoms with van der Waals surface area (Å²) in [6.07, 6.45) is 3.46. The Hall–Kier alpha value is -2.39. The number of rotatable bonds is 13. The summed E-state index contributed by atoms with van der Waals surface area (Å²) in [7, 11) is -3.49. The first-order valence-electron chi connectivity index (χ1n) is 11.5. The van der Waals surface area contributed by atoms with Crippen molar-refractivity contribution in [2.75, 3.05) is 23.7 Å². The third-order valence-electron chi connectivity index (χ3n) is 5.46. The second-order valence-electron chi connectivity index (χ2n) is 8.24. The molecule has 2 rings (SSSR count). The zero-order chi connectivity index (χ0) is 25.1. The summed E-state index contributed by atoms with van der Waals surface area (Å²) in [6.45, 7) is 4.82. The van der Waals surface area contributed by atoms with Gasteiger partial charge >= 0.3 is 0 Å². The maximum Gasteiger partial charge on any atom is 0.242 e. The molecule has 2 aromatic rings. The van der Waals surface area contributed by atoms with Crippen molar-refractivity contribution in [3.05, 3.63) is 64.6 Å². The lowest BCUT2D eigenvalue weighted by Gasteiger charge is -2.29. The fourth-order valence-electron chi connectivity index (χ4n) is 3.50. The summed E-state index contributed by atoms with van der Waals surface area (Å²) in [5, 5.41) is 2.90. The van der Waals surface area contributed by atoms with Gasteiger partial charge in [-0.3, -0.25) is 13.9 Å². The van der Waals surface area contributed by atoms with Gasteiger partial charge < -0.3 is 10.2 Å². The van der Waals surface area contributed by atoms with Crippen molar-refractivity contribution in [3.8, 4) is 0 Å². The summed E-state index contributed by atoms with van der Waals surface area (Å²) >= 11 is 3.41. The lowest BCUT2D eigenvalue weighted by atomic mass is 10.1. The smallest absolute Gasteiger partial charge is 0.242 e. The van der Waals surface area contributed by atoms with Gasteiger partial charge in [0.05, 0.1) is 11.9 Å². The van der Waals surface area contributed by atoms with Crippen molar-refractivity contribution in [1.29, 1.82) is 0 Å². The minimum atomic E-state index is -3.49. The maximum atomic E-state index is 13.2. The Balaban J connectivity index is 2.11. The summed E-state index contributed by atoms with van der Waals surface area (Å²) in [4.78, 5) is 27.5. The van der Waals surface area contributed by atoms with Crippen molar-refractivity contribution in [1.82, 2.24) is 10.2 Å². The molecule has 0 saturated carbocycles. The number of carbonyl (C=O) groups excluding carboxylic acids is 2. The van der Waals surface area contributed by atoms with E-state index in [0.29, 0.717) is 25.2 Å². The van der Waals surface area contributed by atoms with Crippen molar-refractivity contribution < 1.29 is 18.0 Å². The summed E-state index contributed by atoms with van der Waals surface area (Å²) in [5.41, 5.74) is 1.47. The van der Waals surface area contributed by atoms with Crippen LogP contribution >= 0.6 is 15.9 Å². The average Bonchev–Trinajstić information content (AvgIpc) is 2.80. The molecule has 186 valence electrons. The third kappa shape index (κ3) is 8.76. The molecule has 0 radical (unpaired) electrons. The van der Waals surface area contributed by atoms with Crippen LogP contribution in [0.25, 0.3) is 0 Å². The van der Waals surface area contributed by atoms with E-state index >= 15 is 0 Å². The van der Waals surface area contributed by atoms with E-state index in [9.17, 15) is 18.0 Å². The van der Waals surface area contributed by atoms with Gasteiger partial charge in [-0.2, -0.15) is 0 Å². The van der Waals surface area contributed by atoms with Gasteiger partial charge in [-0.15, -0.1) is 0 Å². The average molecular weight is 553 g/mol. The highest BCUT2D eigenvalue weighted by Gasteiger charge is 2.26. The number of nitrogens with zero attached hydrogens (tertiary/aromatic N) is 2. The Labute approximate surface area is 211 Å². The van der Waals surface area contributed by atoms with Gasteiger partial charge in [-0.25, -0.2) is 8.42 Å². The lowest BCUT2D eigenvalue weighted by Crippen LogP contribution is -2.47. The molecule has 1 N–H and O–H groups in total. The van der Waals surface area contributed by atoms with Crippen LogP contribution in [-0.2, 0) is 26.2 Å². The van der Waals surface area contributed by atoms with E-state index in [1.165, 1.54) is 4.31 Å². The SMILES string of the molecule is CCCCNC(=O)[C@H](C)N(Cc1ccc(Br)cc1)C(=O)CCCN(c1ccccc1)S(C)(=O)=O. The molecule has 7 nitrogen and oxygen atoms in total. The molecule has 0 saturated heterocycles. The maximum absolute atomic E-state index is 13.2. The highest BCUT2D eigenvalue weighted by Crippen LogP contribution is 2.19. The summed E-state index contributed by atoms with van der Waals surface area (Å²) in [5.74, 6) is -0.386. The van der Waals surface area contributed by atoms with Crippen LogP contribution in [0.3, 0.4) is 0 Å². The molecule has 34 heavy (non-hydrogen) atoms. The molecule has 0 heterocycles. The number of benzene rings is 2. The van der Waals surface area contributed by atoms with E-state index in [0.717, 1.165) is 29.1 Å². The van der Waals surface area contributed by atoms with Gasteiger partial charge in [0.1, 0.15) is 6.04 Å². The minimum absolute atomic E-state index is 0.127. The zero-order valence-electron chi connectivity index (χ0n) is 20.0. The van der Waals surface area contributed by atoms with Gasteiger partial charge in [-0.1, -0.05) is 59.6 Å². The molecule has 2 amide bonds. The first-order chi connectivity index (χ1) is 16.1. The molecule has 0 aliphatic rings. The van der Waals surface area contributed by atoms with Crippen molar-refractivity contribution in [3.63, 3.8) is 0 Å². The van der Waals surface area contributed by atoms with Crippen molar-refractivity contribution in [2.24, 2.45) is 0 Å². The molecule has 0 bridgehead atoms. The Morgan fingerprint density at radius 3 is 2.26 bits per heavy atom. The second kappa shape index (κ2) is 13.5. The number of para-hydroxylation sites is 1.